The Hall–Kier alpha value is -2.65. The summed E-state index contributed by atoms with van der Waals surface area (Å²) in [7, 11) is 0. The first-order valence-electron chi connectivity index (χ1n) is 7.38. The highest BCUT2D eigenvalue weighted by Gasteiger charge is 2.15. The van der Waals surface area contributed by atoms with Crippen molar-refractivity contribution < 1.29 is 9.18 Å². The number of nitrogens with zero attached hydrogens (tertiary/aromatic N) is 2. The molecule has 0 spiro atoms. The Morgan fingerprint density at radius 2 is 1.88 bits per heavy atom. The Bertz CT molecular complexity index is 968. The number of thiol groups is 1. The van der Waals surface area contributed by atoms with Crippen LogP contribution in [0.3, 0.4) is 0 Å². The highest BCUT2D eigenvalue weighted by Crippen LogP contribution is 2.28. The third-order valence-corrected chi connectivity index (χ3v) is 4.26. The Morgan fingerprint density at radius 3 is 2.58 bits per heavy atom. The van der Waals surface area contributed by atoms with Crippen LogP contribution in [-0.4, -0.2) is 15.9 Å². The topological polar surface area (TPSA) is 92.9 Å². The van der Waals surface area contributed by atoms with Crippen molar-refractivity contribution in [3.8, 4) is 0 Å². The highest BCUT2D eigenvalue weighted by molar-refractivity contribution is 9.10. The third kappa shape index (κ3) is 4.12. The van der Waals surface area contributed by atoms with Gasteiger partial charge in [-0.05, 0) is 52.3 Å². The largest absolute Gasteiger partial charge is 0.365 e. The minimum atomic E-state index is -0.874. The molecule has 3 aromatic rings. The van der Waals surface area contributed by atoms with Gasteiger partial charge in [-0.1, -0.05) is 6.07 Å². The third-order valence-electron chi connectivity index (χ3n) is 3.38. The van der Waals surface area contributed by atoms with E-state index in [1.165, 1.54) is 24.4 Å². The van der Waals surface area contributed by atoms with Crippen LogP contribution in [0.2, 0.25) is 0 Å². The molecule has 1 heterocycles. The normalized spacial score (nSPS) is 10.4. The van der Waals surface area contributed by atoms with E-state index < -0.39 is 11.7 Å². The standard InChI is InChI=1S/C17H13BrFN5OS/c18-11-8-21-17(22-9-4-6-10(26)7-5-9)24-16(11)23-13-3-1-2-12(19)14(13)15(20)25/h1-8,26H,(H2,20,25)(H2,21,22,23,24). The maximum absolute atomic E-state index is 13.9. The second-order valence-corrected chi connectivity index (χ2v) is 6.58. The Balaban J connectivity index is 1.90. The van der Waals surface area contributed by atoms with Crippen molar-refractivity contribution in [3.05, 3.63) is 64.5 Å². The van der Waals surface area contributed by atoms with Crippen LogP contribution in [0, 0.1) is 5.82 Å². The number of amides is 1. The van der Waals surface area contributed by atoms with Crippen LogP contribution in [0.25, 0.3) is 0 Å². The van der Waals surface area contributed by atoms with Crippen LogP contribution in [0.15, 0.2) is 58.0 Å². The summed E-state index contributed by atoms with van der Waals surface area (Å²) >= 11 is 7.56. The van der Waals surface area contributed by atoms with Gasteiger partial charge in [-0.2, -0.15) is 4.98 Å². The van der Waals surface area contributed by atoms with Crippen LogP contribution < -0.4 is 16.4 Å². The van der Waals surface area contributed by atoms with E-state index in [2.05, 4.69) is 49.2 Å². The molecule has 0 aliphatic rings. The molecule has 0 radical (unpaired) electrons. The minimum Gasteiger partial charge on any atom is -0.365 e. The van der Waals surface area contributed by atoms with Gasteiger partial charge in [0.25, 0.3) is 5.91 Å². The van der Waals surface area contributed by atoms with Gasteiger partial charge in [0.2, 0.25) is 5.95 Å². The molecule has 1 amide bonds. The number of carbonyl (C=O) groups excluding carboxylic acids is 1. The first-order valence-corrected chi connectivity index (χ1v) is 8.62. The number of hydrogen-bond donors (Lipinski definition) is 4. The fourth-order valence-corrected chi connectivity index (χ4v) is 2.63. The summed E-state index contributed by atoms with van der Waals surface area (Å²) in [6.45, 7) is 0. The van der Waals surface area contributed by atoms with Crippen LogP contribution in [0.1, 0.15) is 10.4 Å². The van der Waals surface area contributed by atoms with Gasteiger partial charge >= 0.3 is 0 Å². The maximum Gasteiger partial charge on any atom is 0.253 e. The average Bonchev–Trinajstić information content (AvgIpc) is 2.59. The van der Waals surface area contributed by atoms with E-state index in [1.807, 2.05) is 24.3 Å². The molecule has 1 aromatic heterocycles. The molecular formula is C17H13BrFN5OS. The van der Waals surface area contributed by atoms with Crippen LogP contribution >= 0.6 is 28.6 Å². The van der Waals surface area contributed by atoms with Gasteiger partial charge in [0.15, 0.2) is 0 Å². The Morgan fingerprint density at radius 1 is 1.15 bits per heavy atom. The molecule has 26 heavy (non-hydrogen) atoms. The number of primary amides is 1. The van der Waals surface area contributed by atoms with Gasteiger partial charge in [0.1, 0.15) is 11.6 Å². The summed E-state index contributed by atoms with van der Waals surface area (Å²) in [4.78, 5) is 20.9. The number of carbonyl (C=O) groups is 1. The van der Waals surface area contributed by atoms with E-state index in [1.54, 1.807) is 0 Å². The molecule has 0 fully saturated rings. The second kappa shape index (κ2) is 7.71. The minimum absolute atomic E-state index is 0.210. The molecule has 4 N–H and O–H groups in total. The van der Waals surface area contributed by atoms with Crippen molar-refractivity contribution in [1.29, 1.82) is 0 Å². The molecule has 0 aliphatic heterocycles. The van der Waals surface area contributed by atoms with E-state index in [9.17, 15) is 9.18 Å². The first kappa shape index (κ1) is 18.2. The Kier molecular flexibility index (Phi) is 5.38. The van der Waals surface area contributed by atoms with Crippen molar-refractivity contribution in [2.45, 2.75) is 4.90 Å². The molecule has 0 unspecified atom stereocenters. The van der Waals surface area contributed by atoms with Gasteiger partial charge in [-0.3, -0.25) is 4.79 Å². The number of aromatic nitrogens is 2. The molecule has 132 valence electrons. The summed E-state index contributed by atoms with van der Waals surface area (Å²) < 4.78 is 14.4. The summed E-state index contributed by atoms with van der Waals surface area (Å²) in [5.41, 5.74) is 6.02. The monoisotopic (exact) mass is 433 g/mol. The van der Waals surface area contributed by atoms with E-state index >= 15 is 0 Å². The number of nitrogens with one attached hydrogen (secondary N) is 2. The number of nitrogens with two attached hydrogens (primary N) is 1. The van der Waals surface area contributed by atoms with Crippen LogP contribution in [0.4, 0.5) is 27.5 Å². The lowest BCUT2D eigenvalue weighted by Crippen LogP contribution is -2.16. The number of benzene rings is 2. The number of rotatable bonds is 5. The summed E-state index contributed by atoms with van der Waals surface area (Å²) in [6, 6.07) is 11.5. The molecule has 3 rings (SSSR count). The van der Waals surface area contributed by atoms with E-state index in [4.69, 9.17) is 5.73 Å². The van der Waals surface area contributed by atoms with E-state index in [0.29, 0.717) is 16.2 Å². The lowest BCUT2D eigenvalue weighted by molar-refractivity contribution is 0.0997. The smallest absolute Gasteiger partial charge is 0.253 e. The van der Waals surface area contributed by atoms with Gasteiger partial charge in [0.05, 0.1) is 15.7 Å². The van der Waals surface area contributed by atoms with Gasteiger partial charge in [0, 0.05) is 16.8 Å². The van der Waals surface area contributed by atoms with Crippen LogP contribution in [0.5, 0.6) is 0 Å². The van der Waals surface area contributed by atoms with E-state index in [-0.39, 0.29) is 11.3 Å². The summed E-state index contributed by atoms with van der Waals surface area (Å²) in [5.74, 6) is -0.917. The van der Waals surface area contributed by atoms with Crippen molar-refractivity contribution in [2.75, 3.05) is 10.6 Å². The number of anilines is 4. The van der Waals surface area contributed by atoms with Crippen molar-refractivity contribution in [3.63, 3.8) is 0 Å². The highest BCUT2D eigenvalue weighted by atomic mass is 79.9. The summed E-state index contributed by atoms with van der Waals surface area (Å²) in [6.07, 6.45) is 1.54. The molecule has 9 heteroatoms. The SMILES string of the molecule is NC(=O)c1c(F)cccc1Nc1nc(Nc2ccc(S)cc2)ncc1Br. The van der Waals surface area contributed by atoms with Gasteiger partial charge < -0.3 is 16.4 Å². The molecule has 0 saturated heterocycles. The molecule has 0 bridgehead atoms. The van der Waals surface area contributed by atoms with Gasteiger partial charge in [-0.25, -0.2) is 9.37 Å². The zero-order valence-electron chi connectivity index (χ0n) is 13.2. The predicted octanol–water partition coefficient (Wildman–Crippen LogP) is 4.25. The summed E-state index contributed by atoms with van der Waals surface area (Å²) in [5, 5.41) is 5.96. The van der Waals surface area contributed by atoms with Crippen molar-refractivity contribution in [2.24, 2.45) is 5.73 Å². The predicted molar refractivity (Wildman–Crippen MR) is 105 cm³/mol. The van der Waals surface area contributed by atoms with Crippen LogP contribution in [-0.2, 0) is 0 Å². The molecule has 0 aliphatic carbocycles. The second-order valence-electron chi connectivity index (χ2n) is 5.21. The zero-order valence-corrected chi connectivity index (χ0v) is 15.7. The van der Waals surface area contributed by atoms with E-state index in [0.717, 1.165) is 10.6 Å². The Labute approximate surface area is 162 Å². The fourth-order valence-electron chi connectivity index (χ4n) is 2.20. The average molecular weight is 434 g/mol. The van der Waals surface area contributed by atoms with Gasteiger partial charge in [-0.15, -0.1) is 12.6 Å². The lowest BCUT2D eigenvalue weighted by atomic mass is 10.1. The number of halogens is 2. The van der Waals surface area contributed by atoms with Crippen molar-refractivity contribution >= 4 is 57.6 Å². The number of hydrogen-bond acceptors (Lipinski definition) is 6. The molecule has 0 atom stereocenters. The van der Waals surface area contributed by atoms with Crippen molar-refractivity contribution in [1.82, 2.24) is 9.97 Å². The molecule has 0 saturated carbocycles. The molecule has 6 nitrogen and oxygen atoms in total. The fraction of sp³-hybridized carbons (Fsp3) is 0. The quantitative estimate of drug-likeness (QED) is 0.451. The molecular weight excluding hydrogens is 421 g/mol. The maximum atomic E-state index is 13.9. The molecule has 2 aromatic carbocycles. The first-order chi connectivity index (χ1) is 12.4. The zero-order chi connectivity index (χ0) is 18.7. The lowest BCUT2D eigenvalue weighted by Gasteiger charge is -2.13.